The summed E-state index contributed by atoms with van der Waals surface area (Å²) in [5.74, 6) is -1.97. The van der Waals surface area contributed by atoms with Gasteiger partial charge in [-0.05, 0) is 23.6 Å². The smallest absolute Gasteiger partial charge is 0.322 e. The van der Waals surface area contributed by atoms with Gasteiger partial charge in [-0.25, -0.2) is 9.97 Å². The van der Waals surface area contributed by atoms with Crippen molar-refractivity contribution < 1.29 is 19.8 Å². The summed E-state index contributed by atoms with van der Waals surface area (Å²) in [5.41, 5.74) is 3.16. The number of rotatable bonds is 6. The van der Waals surface area contributed by atoms with Crippen molar-refractivity contribution in [1.82, 2.24) is 15.3 Å². The minimum atomic E-state index is -1.18. The van der Waals surface area contributed by atoms with Crippen LogP contribution in [0.25, 0.3) is 11.1 Å². The Balaban J connectivity index is 1.82. The van der Waals surface area contributed by atoms with E-state index in [0.29, 0.717) is 17.9 Å². The van der Waals surface area contributed by atoms with E-state index in [1.54, 1.807) is 6.92 Å². The number of nitrogens with one attached hydrogen (secondary N) is 1. The minimum absolute atomic E-state index is 0.232. The van der Waals surface area contributed by atoms with Crippen LogP contribution in [0, 0.1) is 6.92 Å². The summed E-state index contributed by atoms with van der Waals surface area (Å²) in [6.45, 7) is 1.05. The summed E-state index contributed by atoms with van der Waals surface area (Å²) < 4.78 is 0. The third kappa shape index (κ3) is 4.50. The molecule has 0 atom stereocenters. The van der Waals surface area contributed by atoms with Crippen molar-refractivity contribution in [2.45, 2.75) is 13.3 Å². The normalized spacial score (nSPS) is 10.5. The molecule has 3 aromatic rings. The molecule has 1 heterocycles. The Morgan fingerprint density at radius 2 is 1.61 bits per heavy atom. The van der Waals surface area contributed by atoms with E-state index in [1.165, 1.54) is 0 Å². The number of carbonyl (C=O) groups excluding carboxylic acids is 1. The molecule has 0 aliphatic carbocycles. The molecule has 7 nitrogen and oxygen atoms in total. The fourth-order valence-electron chi connectivity index (χ4n) is 2.78. The van der Waals surface area contributed by atoms with Crippen molar-refractivity contribution in [2.75, 3.05) is 6.54 Å². The molecule has 1 amide bonds. The quantitative estimate of drug-likeness (QED) is 0.609. The molecule has 142 valence electrons. The Bertz CT molecular complexity index is 1000. The zero-order chi connectivity index (χ0) is 20.1. The summed E-state index contributed by atoms with van der Waals surface area (Å²) in [4.78, 5) is 30.9. The monoisotopic (exact) mass is 377 g/mol. The van der Waals surface area contributed by atoms with E-state index in [4.69, 9.17) is 5.11 Å². The molecule has 3 rings (SSSR count). The summed E-state index contributed by atoms with van der Waals surface area (Å²) in [5, 5.41) is 21.3. The van der Waals surface area contributed by atoms with E-state index in [9.17, 15) is 14.7 Å². The van der Waals surface area contributed by atoms with Gasteiger partial charge in [0.2, 0.25) is 0 Å². The SMILES string of the molecule is Cc1nc(Cc2ccc(-c3ccccc3)cc2)c(O)c(C(=O)NCC(=O)O)n1. The maximum atomic E-state index is 12.1. The summed E-state index contributed by atoms with van der Waals surface area (Å²) >= 11 is 0. The lowest BCUT2D eigenvalue weighted by molar-refractivity contribution is -0.135. The van der Waals surface area contributed by atoms with Crippen LogP contribution >= 0.6 is 0 Å². The fraction of sp³-hybridized carbons (Fsp3) is 0.143. The lowest BCUT2D eigenvalue weighted by atomic mass is 10.0. The van der Waals surface area contributed by atoms with Crippen LogP contribution in [0.1, 0.15) is 27.6 Å². The fourth-order valence-corrected chi connectivity index (χ4v) is 2.78. The first kappa shape index (κ1) is 19.0. The molecule has 0 fully saturated rings. The molecule has 1 aromatic heterocycles. The number of carboxylic acid groups (broad SMARTS) is 1. The van der Waals surface area contributed by atoms with Gasteiger partial charge in [0.15, 0.2) is 11.4 Å². The highest BCUT2D eigenvalue weighted by molar-refractivity contribution is 5.96. The molecule has 2 aromatic carbocycles. The van der Waals surface area contributed by atoms with Crippen molar-refractivity contribution in [3.63, 3.8) is 0 Å². The van der Waals surface area contributed by atoms with Crippen molar-refractivity contribution in [3.05, 3.63) is 77.4 Å². The molecule has 0 radical (unpaired) electrons. The number of amides is 1. The number of benzene rings is 2. The average molecular weight is 377 g/mol. The molecular formula is C21H19N3O4. The molecule has 0 bridgehead atoms. The number of aromatic hydroxyl groups is 1. The van der Waals surface area contributed by atoms with Crippen LogP contribution in [0.2, 0.25) is 0 Å². The van der Waals surface area contributed by atoms with Crippen LogP contribution in [-0.4, -0.2) is 38.6 Å². The van der Waals surface area contributed by atoms with Gasteiger partial charge >= 0.3 is 5.97 Å². The Hall–Kier alpha value is -3.74. The summed E-state index contributed by atoms with van der Waals surface area (Å²) in [6.07, 6.45) is 0.309. The zero-order valence-corrected chi connectivity index (χ0v) is 15.2. The van der Waals surface area contributed by atoms with Crippen LogP contribution in [0.15, 0.2) is 54.6 Å². The van der Waals surface area contributed by atoms with Crippen molar-refractivity contribution in [2.24, 2.45) is 0 Å². The average Bonchev–Trinajstić information content (AvgIpc) is 2.70. The summed E-state index contributed by atoms with van der Waals surface area (Å²) in [6, 6.07) is 17.8. The first-order chi connectivity index (χ1) is 13.4. The van der Waals surface area contributed by atoms with Gasteiger partial charge in [0, 0.05) is 6.42 Å². The number of nitrogens with zero attached hydrogens (tertiary/aromatic N) is 2. The Morgan fingerprint density at radius 1 is 0.964 bits per heavy atom. The molecular weight excluding hydrogens is 358 g/mol. The van der Waals surface area contributed by atoms with Crippen LogP contribution in [-0.2, 0) is 11.2 Å². The van der Waals surface area contributed by atoms with E-state index >= 15 is 0 Å². The maximum Gasteiger partial charge on any atom is 0.322 e. The molecule has 0 saturated carbocycles. The first-order valence-electron chi connectivity index (χ1n) is 8.65. The van der Waals surface area contributed by atoms with E-state index in [0.717, 1.165) is 16.7 Å². The van der Waals surface area contributed by atoms with Gasteiger partial charge in [-0.1, -0.05) is 54.6 Å². The second-order valence-corrected chi connectivity index (χ2v) is 6.23. The number of hydrogen-bond donors (Lipinski definition) is 3. The van der Waals surface area contributed by atoms with Crippen molar-refractivity contribution in [1.29, 1.82) is 0 Å². The largest absolute Gasteiger partial charge is 0.504 e. The number of aromatic nitrogens is 2. The van der Waals surface area contributed by atoms with E-state index in [-0.39, 0.29) is 11.4 Å². The van der Waals surface area contributed by atoms with Gasteiger partial charge in [-0.15, -0.1) is 0 Å². The van der Waals surface area contributed by atoms with E-state index in [2.05, 4.69) is 15.3 Å². The molecule has 0 unspecified atom stereocenters. The van der Waals surface area contributed by atoms with Gasteiger partial charge < -0.3 is 15.5 Å². The Morgan fingerprint density at radius 3 is 2.25 bits per heavy atom. The Labute approximate surface area is 161 Å². The van der Waals surface area contributed by atoms with E-state index in [1.807, 2.05) is 54.6 Å². The lowest BCUT2D eigenvalue weighted by Crippen LogP contribution is -2.30. The second-order valence-electron chi connectivity index (χ2n) is 6.23. The minimum Gasteiger partial charge on any atom is -0.504 e. The maximum absolute atomic E-state index is 12.1. The number of aliphatic carboxylic acids is 1. The van der Waals surface area contributed by atoms with Crippen LogP contribution in [0.4, 0.5) is 0 Å². The van der Waals surface area contributed by atoms with Gasteiger partial charge in [0.1, 0.15) is 12.4 Å². The lowest BCUT2D eigenvalue weighted by Gasteiger charge is -2.10. The zero-order valence-electron chi connectivity index (χ0n) is 15.2. The van der Waals surface area contributed by atoms with Crippen molar-refractivity contribution in [3.8, 4) is 16.9 Å². The van der Waals surface area contributed by atoms with Gasteiger partial charge in [0.25, 0.3) is 5.91 Å². The highest BCUT2D eigenvalue weighted by Crippen LogP contribution is 2.24. The molecule has 7 heteroatoms. The molecule has 0 aliphatic rings. The predicted octanol–water partition coefficient (Wildman–Crippen LogP) is 2.56. The van der Waals surface area contributed by atoms with Gasteiger partial charge in [0.05, 0.1) is 5.69 Å². The number of carboxylic acids is 1. The third-order valence-corrected chi connectivity index (χ3v) is 4.12. The third-order valence-electron chi connectivity index (χ3n) is 4.12. The van der Waals surface area contributed by atoms with Crippen LogP contribution in [0.5, 0.6) is 5.75 Å². The molecule has 0 aliphatic heterocycles. The first-order valence-corrected chi connectivity index (χ1v) is 8.65. The predicted molar refractivity (Wildman–Crippen MR) is 103 cm³/mol. The number of carbonyl (C=O) groups is 2. The topological polar surface area (TPSA) is 112 Å². The highest BCUT2D eigenvalue weighted by Gasteiger charge is 2.19. The molecule has 0 saturated heterocycles. The van der Waals surface area contributed by atoms with Crippen LogP contribution < -0.4 is 5.32 Å². The molecule has 28 heavy (non-hydrogen) atoms. The van der Waals surface area contributed by atoms with Gasteiger partial charge in [-0.2, -0.15) is 0 Å². The van der Waals surface area contributed by atoms with E-state index < -0.39 is 18.4 Å². The highest BCUT2D eigenvalue weighted by atomic mass is 16.4. The Kier molecular flexibility index (Phi) is 5.64. The number of aryl methyl sites for hydroxylation is 1. The van der Waals surface area contributed by atoms with Gasteiger partial charge in [-0.3, -0.25) is 9.59 Å². The van der Waals surface area contributed by atoms with Crippen LogP contribution in [0.3, 0.4) is 0 Å². The van der Waals surface area contributed by atoms with Crippen molar-refractivity contribution >= 4 is 11.9 Å². The number of hydrogen-bond acceptors (Lipinski definition) is 5. The summed E-state index contributed by atoms with van der Waals surface area (Å²) in [7, 11) is 0. The second kappa shape index (κ2) is 8.30. The standard InChI is InChI=1S/C21H19N3O4/c1-13-23-17(20(27)19(24-13)21(28)22-12-18(25)26)11-14-7-9-16(10-8-14)15-5-3-2-4-6-15/h2-10,27H,11-12H2,1H3,(H,22,28)(H,25,26). The molecule has 3 N–H and O–H groups in total. The molecule has 0 spiro atoms.